The van der Waals surface area contributed by atoms with Crippen molar-refractivity contribution in [2.24, 2.45) is 5.73 Å². The fourth-order valence-corrected chi connectivity index (χ4v) is 2.28. The molecular weight excluding hydrogens is 264 g/mol. The summed E-state index contributed by atoms with van der Waals surface area (Å²) >= 11 is 0. The summed E-state index contributed by atoms with van der Waals surface area (Å²) < 4.78 is 5.78. The number of carbonyl (C=O) groups is 1. The molecule has 0 fully saturated rings. The summed E-state index contributed by atoms with van der Waals surface area (Å²) in [5, 5.41) is 4.86. The Bertz CT molecular complexity index is 636. The molecule has 0 bridgehead atoms. The maximum absolute atomic E-state index is 11.8. The summed E-state index contributed by atoms with van der Waals surface area (Å²) in [6, 6.07) is 11.9. The summed E-state index contributed by atoms with van der Waals surface area (Å²) in [5.74, 6) is 0.565. The van der Waals surface area contributed by atoms with Crippen LogP contribution in [0.1, 0.15) is 32.4 Å². The Morgan fingerprint density at radius 3 is 2.57 bits per heavy atom. The molecule has 4 heteroatoms. The largest absolute Gasteiger partial charge is 0.483 e. The smallest absolute Gasteiger partial charge is 0.258 e. The van der Waals surface area contributed by atoms with E-state index in [9.17, 15) is 4.79 Å². The highest BCUT2D eigenvalue weighted by atomic mass is 16.5. The van der Waals surface area contributed by atoms with Crippen molar-refractivity contribution in [1.29, 1.82) is 0 Å². The van der Waals surface area contributed by atoms with Crippen LogP contribution in [-0.4, -0.2) is 18.6 Å². The van der Waals surface area contributed by atoms with Crippen molar-refractivity contribution in [3.05, 3.63) is 42.0 Å². The number of hydrogen-bond donors (Lipinski definition) is 2. The third-order valence-electron chi connectivity index (χ3n) is 3.20. The number of rotatable bonds is 5. The highest BCUT2D eigenvalue weighted by Crippen LogP contribution is 2.32. The molecule has 0 saturated heterocycles. The minimum Gasteiger partial charge on any atom is -0.483 e. The maximum atomic E-state index is 11.8. The molecule has 0 saturated carbocycles. The second-order valence-corrected chi connectivity index (χ2v) is 5.50. The number of nitrogens with one attached hydrogen (secondary N) is 1. The van der Waals surface area contributed by atoms with Gasteiger partial charge < -0.3 is 15.8 Å². The molecule has 0 aromatic heterocycles. The van der Waals surface area contributed by atoms with Crippen molar-refractivity contribution in [3.63, 3.8) is 0 Å². The lowest BCUT2D eigenvalue weighted by molar-refractivity contribution is -0.123. The van der Waals surface area contributed by atoms with Gasteiger partial charge in [-0.15, -0.1) is 0 Å². The number of nitrogens with two attached hydrogens (primary N) is 1. The molecule has 0 unspecified atom stereocenters. The highest BCUT2D eigenvalue weighted by Gasteiger charge is 2.14. The number of carbonyl (C=O) groups excluding carboxylic acids is 1. The first-order chi connectivity index (χ1) is 9.99. The van der Waals surface area contributed by atoms with Gasteiger partial charge in [0.15, 0.2) is 6.61 Å². The van der Waals surface area contributed by atoms with Crippen LogP contribution in [0.25, 0.3) is 10.8 Å². The molecule has 0 spiro atoms. The molecule has 1 amide bonds. The third-order valence-corrected chi connectivity index (χ3v) is 3.20. The second kappa shape index (κ2) is 6.59. The number of fused-ring (bicyclic) bond motifs is 1. The highest BCUT2D eigenvalue weighted by molar-refractivity contribution is 5.90. The van der Waals surface area contributed by atoms with Gasteiger partial charge in [0.2, 0.25) is 0 Å². The van der Waals surface area contributed by atoms with Gasteiger partial charge in [-0.1, -0.05) is 36.4 Å². The molecule has 2 aromatic rings. The maximum Gasteiger partial charge on any atom is 0.258 e. The van der Waals surface area contributed by atoms with Gasteiger partial charge in [-0.25, -0.2) is 0 Å². The monoisotopic (exact) mass is 286 g/mol. The van der Waals surface area contributed by atoms with Crippen LogP contribution in [0, 0.1) is 0 Å². The normalized spacial score (nSPS) is 12.4. The van der Waals surface area contributed by atoms with Gasteiger partial charge in [0.05, 0.1) is 0 Å². The summed E-state index contributed by atoms with van der Waals surface area (Å²) in [5.41, 5.74) is 6.92. The van der Waals surface area contributed by atoms with Crippen LogP contribution in [0.2, 0.25) is 0 Å². The third kappa shape index (κ3) is 3.73. The minimum atomic E-state index is -0.155. The van der Waals surface area contributed by atoms with Gasteiger partial charge in [0.25, 0.3) is 5.91 Å². The molecule has 2 aromatic carbocycles. The van der Waals surface area contributed by atoms with E-state index in [-0.39, 0.29) is 24.6 Å². The van der Waals surface area contributed by atoms with Crippen LogP contribution in [0.5, 0.6) is 5.75 Å². The first-order valence-corrected chi connectivity index (χ1v) is 7.18. The van der Waals surface area contributed by atoms with Crippen molar-refractivity contribution in [3.8, 4) is 5.75 Å². The van der Waals surface area contributed by atoms with Crippen molar-refractivity contribution in [1.82, 2.24) is 5.32 Å². The van der Waals surface area contributed by atoms with Crippen LogP contribution in [0.15, 0.2) is 36.4 Å². The molecule has 3 N–H and O–H groups in total. The molecular formula is C17H22N2O2. The van der Waals surface area contributed by atoms with E-state index in [1.807, 2.05) is 57.2 Å². The first kappa shape index (κ1) is 15.3. The molecule has 2 rings (SSSR count). The zero-order valence-electron chi connectivity index (χ0n) is 12.7. The van der Waals surface area contributed by atoms with Gasteiger partial charge in [-0.05, 0) is 26.2 Å². The average Bonchev–Trinajstić information content (AvgIpc) is 2.43. The number of hydrogen-bond acceptors (Lipinski definition) is 3. The van der Waals surface area contributed by atoms with Crippen LogP contribution >= 0.6 is 0 Å². The summed E-state index contributed by atoms with van der Waals surface area (Å²) in [6.45, 7) is 5.74. The van der Waals surface area contributed by atoms with E-state index >= 15 is 0 Å². The summed E-state index contributed by atoms with van der Waals surface area (Å²) in [7, 11) is 0. The lowest BCUT2D eigenvalue weighted by atomic mass is 10.0. The Balaban J connectivity index is 2.31. The van der Waals surface area contributed by atoms with E-state index in [0.29, 0.717) is 5.75 Å². The molecule has 0 aliphatic carbocycles. The van der Waals surface area contributed by atoms with Crippen molar-refractivity contribution in [2.75, 3.05) is 6.61 Å². The average molecular weight is 286 g/mol. The Kier molecular flexibility index (Phi) is 4.81. The Hall–Kier alpha value is -2.07. The van der Waals surface area contributed by atoms with E-state index < -0.39 is 0 Å². The molecule has 4 nitrogen and oxygen atoms in total. The molecule has 21 heavy (non-hydrogen) atoms. The first-order valence-electron chi connectivity index (χ1n) is 7.18. The Labute approximate surface area is 125 Å². The van der Waals surface area contributed by atoms with Gasteiger partial charge >= 0.3 is 0 Å². The van der Waals surface area contributed by atoms with Crippen LogP contribution in [-0.2, 0) is 4.79 Å². The van der Waals surface area contributed by atoms with Crippen molar-refractivity contribution >= 4 is 16.7 Å². The summed E-state index contributed by atoms with van der Waals surface area (Å²) in [6.07, 6.45) is 0. The molecule has 0 aliphatic heterocycles. The standard InChI is InChI=1S/C17H22N2O2/c1-11(2)19-16(20)10-21-17-14(12(3)18)9-8-13-6-4-5-7-15(13)17/h4-9,11-12H,10,18H2,1-3H3,(H,19,20)/t12-/m1/s1. The van der Waals surface area contributed by atoms with Crippen LogP contribution in [0.3, 0.4) is 0 Å². The number of amides is 1. The Morgan fingerprint density at radius 2 is 1.90 bits per heavy atom. The van der Waals surface area contributed by atoms with Gasteiger partial charge in [0, 0.05) is 23.0 Å². The molecule has 1 atom stereocenters. The SMILES string of the molecule is CC(C)NC(=O)COc1c([C@@H](C)N)ccc2ccccc12. The lowest BCUT2D eigenvalue weighted by Gasteiger charge is -2.17. The van der Waals surface area contributed by atoms with Crippen molar-refractivity contribution in [2.45, 2.75) is 32.9 Å². The zero-order chi connectivity index (χ0) is 15.4. The molecule has 0 radical (unpaired) electrons. The minimum absolute atomic E-state index is 0.00803. The lowest BCUT2D eigenvalue weighted by Crippen LogP contribution is -2.34. The topological polar surface area (TPSA) is 64.3 Å². The second-order valence-electron chi connectivity index (χ2n) is 5.50. The van der Waals surface area contributed by atoms with Gasteiger partial charge in [-0.2, -0.15) is 0 Å². The quantitative estimate of drug-likeness (QED) is 0.888. The van der Waals surface area contributed by atoms with E-state index in [1.165, 1.54) is 0 Å². The number of benzene rings is 2. The van der Waals surface area contributed by atoms with E-state index in [2.05, 4.69) is 5.32 Å². The van der Waals surface area contributed by atoms with E-state index in [1.54, 1.807) is 0 Å². The van der Waals surface area contributed by atoms with E-state index in [0.717, 1.165) is 16.3 Å². The van der Waals surface area contributed by atoms with Crippen LogP contribution < -0.4 is 15.8 Å². The summed E-state index contributed by atoms with van der Waals surface area (Å²) in [4.78, 5) is 11.8. The fraction of sp³-hybridized carbons (Fsp3) is 0.353. The molecule has 112 valence electrons. The predicted octanol–water partition coefficient (Wildman–Crippen LogP) is 2.76. The van der Waals surface area contributed by atoms with E-state index in [4.69, 9.17) is 10.5 Å². The fourth-order valence-electron chi connectivity index (χ4n) is 2.28. The number of ether oxygens (including phenoxy) is 1. The van der Waals surface area contributed by atoms with Gasteiger partial charge in [-0.3, -0.25) is 4.79 Å². The molecule has 0 heterocycles. The van der Waals surface area contributed by atoms with Gasteiger partial charge in [0.1, 0.15) is 5.75 Å². The Morgan fingerprint density at radius 1 is 1.19 bits per heavy atom. The predicted molar refractivity (Wildman–Crippen MR) is 85.3 cm³/mol. The zero-order valence-corrected chi connectivity index (χ0v) is 12.7. The van der Waals surface area contributed by atoms with Crippen molar-refractivity contribution < 1.29 is 9.53 Å². The van der Waals surface area contributed by atoms with Crippen LogP contribution in [0.4, 0.5) is 0 Å². The molecule has 0 aliphatic rings.